The second kappa shape index (κ2) is 7.68. The lowest BCUT2D eigenvalue weighted by Crippen LogP contribution is -2.18. The van der Waals surface area contributed by atoms with Gasteiger partial charge < -0.3 is 15.0 Å². The first-order chi connectivity index (χ1) is 13.6. The summed E-state index contributed by atoms with van der Waals surface area (Å²) in [7, 11) is 0. The van der Waals surface area contributed by atoms with Crippen LogP contribution in [0.3, 0.4) is 0 Å². The molecule has 0 fully saturated rings. The average Bonchev–Trinajstić information content (AvgIpc) is 3.13. The number of carbonyl (C=O) groups is 1. The van der Waals surface area contributed by atoms with Crippen LogP contribution in [0.4, 0.5) is 17.3 Å². The van der Waals surface area contributed by atoms with Crippen LogP contribution in [0.1, 0.15) is 29.8 Å². The zero-order chi connectivity index (χ0) is 19.5. The molecule has 1 N–H and O–H groups in total. The van der Waals surface area contributed by atoms with Crippen molar-refractivity contribution in [2.24, 2.45) is 0 Å². The van der Waals surface area contributed by atoms with E-state index in [9.17, 15) is 4.79 Å². The topological polar surface area (TPSA) is 67.3 Å². The Morgan fingerprint density at radius 1 is 1.07 bits per heavy atom. The van der Waals surface area contributed by atoms with Gasteiger partial charge in [-0.15, -0.1) is 0 Å². The Labute approximate surface area is 164 Å². The lowest BCUT2D eigenvalue weighted by molar-refractivity contribution is 0.102. The number of benzene rings is 2. The number of anilines is 3. The van der Waals surface area contributed by atoms with E-state index < -0.39 is 0 Å². The first-order valence-electron chi connectivity index (χ1n) is 9.36. The second-order valence-corrected chi connectivity index (χ2v) is 6.92. The van der Waals surface area contributed by atoms with E-state index in [1.165, 1.54) is 5.56 Å². The SMILES string of the molecule is CC(C)Oc1ccccc1NC(=O)c1cnc(N2CCc3ccccc32)nc1. The molecule has 2 heterocycles. The van der Waals surface area contributed by atoms with Crippen LogP contribution < -0.4 is 15.0 Å². The normalized spacial score (nSPS) is 12.8. The molecule has 0 unspecified atom stereocenters. The summed E-state index contributed by atoms with van der Waals surface area (Å²) in [5.41, 5.74) is 3.43. The van der Waals surface area contributed by atoms with E-state index >= 15 is 0 Å². The molecule has 0 saturated heterocycles. The first-order valence-corrected chi connectivity index (χ1v) is 9.36. The van der Waals surface area contributed by atoms with Crippen molar-refractivity contribution in [2.45, 2.75) is 26.4 Å². The molecule has 0 radical (unpaired) electrons. The second-order valence-electron chi connectivity index (χ2n) is 6.92. The number of ether oxygens (including phenoxy) is 1. The Morgan fingerprint density at radius 2 is 1.79 bits per heavy atom. The number of amides is 1. The minimum Gasteiger partial charge on any atom is -0.489 e. The molecule has 142 valence electrons. The standard InChI is InChI=1S/C22H22N4O2/c1-15(2)28-20-10-6-4-8-18(20)25-21(27)17-13-23-22(24-14-17)26-12-11-16-7-3-5-9-19(16)26/h3-10,13-15H,11-12H2,1-2H3,(H,25,27). The van der Waals surface area contributed by atoms with Crippen LogP contribution in [0, 0.1) is 0 Å². The molecule has 0 saturated carbocycles. The number of para-hydroxylation sites is 3. The molecule has 1 aliphatic heterocycles. The molecule has 4 rings (SSSR count). The fourth-order valence-corrected chi connectivity index (χ4v) is 3.24. The van der Waals surface area contributed by atoms with Crippen LogP contribution in [0.5, 0.6) is 5.75 Å². The number of nitrogens with zero attached hydrogens (tertiary/aromatic N) is 3. The van der Waals surface area contributed by atoms with Gasteiger partial charge in [-0.3, -0.25) is 4.79 Å². The summed E-state index contributed by atoms with van der Waals surface area (Å²) < 4.78 is 5.75. The Kier molecular flexibility index (Phi) is 4.93. The lowest BCUT2D eigenvalue weighted by Gasteiger charge is -2.17. The van der Waals surface area contributed by atoms with Crippen molar-refractivity contribution < 1.29 is 9.53 Å². The smallest absolute Gasteiger partial charge is 0.258 e. The van der Waals surface area contributed by atoms with E-state index in [1.54, 1.807) is 12.4 Å². The van der Waals surface area contributed by atoms with Gasteiger partial charge in [-0.25, -0.2) is 9.97 Å². The molecule has 1 amide bonds. The van der Waals surface area contributed by atoms with E-state index in [0.29, 0.717) is 22.9 Å². The van der Waals surface area contributed by atoms with Crippen molar-refractivity contribution in [1.29, 1.82) is 0 Å². The maximum atomic E-state index is 12.6. The summed E-state index contributed by atoms with van der Waals surface area (Å²) in [5.74, 6) is 0.968. The number of carbonyl (C=O) groups excluding carboxylic acids is 1. The summed E-state index contributed by atoms with van der Waals surface area (Å²) in [4.78, 5) is 23.5. The Morgan fingerprint density at radius 3 is 2.57 bits per heavy atom. The van der Waals surface area contributed by atoms with Gasteiger partial charge in [0.1, 0.15) is 5.75 Å². The van der Waals surface area contributed by atoms with Crippen LogP contribution in [-0.2, 0) is 6.42 Å². The van der Waals surface area contributed by atoms with Gasteiger partial charge in [-0.2, -0.15) is 0 Å². The highest BCUT2D eigenvalue weighted by Gasteiger charge is 2.22. The van der Waals surface area contributed by atoms with Crippen molar-refractivity contribution in [2.75, 3.05) is 16.8 Å². The van der Waals surface area contributed by atoms with Crippen molar-refractivity contribution in [3.05, 3.63) is 72.1 Å². The molecule has 28 heavy (non-hydrogen) atoms. The minimum atomic E-state index is -0.270. The maximum Gasteiger partial charge on any atom is 0.258 e. The molecule has 0 spiro atoms. The van der Waals surface area contributed by atoms with Gasteiger partial charge in [0, 0.05) is 24.6 Å². The summed E-state index contributed by atoms with van der Waals surface area (Å²) in [6.45, 7) is 4.73. The predicted molar refractivity (Wildman–Crippen MR) is 109 cm³/mol. The van der Waals surface area contributed by atoms with Crippen molar-refractivity contribution >= 4 is 23.2 Å². The molecule has 0 atom stereocenters. The quantitative estimate of drug-likeness (QED) is 0.725. The van der Waals surface area contributed by atoms with Crippen LogP contribution in [-0.4, -0.2) is 28.5 Å². The molecular weight excluding hydrogens is 352 g/mol. The zero-order valence-corrected chi connectivity index (χ0v) is 15.9. The van der Waals surface area contributed by atoms with Gasteiger partial charge >= 0.3 is 0 Å². The number of hydrogen-bond acceptors (Lipinski definition) is 5. The van der Waals surface area contributed by atoms with Gasteiger partial charge in [0.2, 0.25) is 5.95 Å². The average molecular weight is 374 g/mol. The van der Waals surface area contributed by atoms with E-state index in [4.69, 9.17) is 4.74 Å². The molecule has 3 aromatic rings. The van der Waals surface area contributed by atoms with E-state index in [1.807, 2.05) is 50.2 Å². The number of nitrogens with one attached hydrogen (secondary N) is 1. The molecule has 2 aromatic carbocycles. The molecule has 1 aliphatic rings. The summed E-state index contributed by atoms with van der Waals surface area (Å²) >= 11 is 0. The van der Waals surface area contributed by atoms with Gasteiger partial charge in [0.15, 0.2) is 0 Å². The van der Waals surface area contributed by atoms with Crippen molar-refractivity contribution in [1.82, 2.24) is 9.97 Å². The van der Waals surface area contributed by atoms with Crippen LogP contribution >= 0.6 is 0 Å². The monoisotopic (exact) mass is 374 g/mol. The molecule has 6 heteroatoms. The summed E-state index contributed by atoms with van der Waals surface area (Å²) in [6, 6.07) is 15.6. The van der Waals surface area contributed by atoms with Gasteiger partial charge in [0.05, 0.1) is 17.4 Å². The Hall–Kier alpha value is -3.41. The van der Waals surface area contributed by atoms with Gasteiger partial charge in [-0.05, 0) is 44.0 Å². The van der Waals surface area contributed by atoms with Crippen LogP contribution in [0.25, 0.3) is 0 Å². The molecule has 6 nitrogen and oxygen atoms in total. The largest absolute Gasteiger partial charge is 0.489 e. The summed E-state index contributed by atoms with van der Waals surface area (Å²) in [5, 5.41) is 2.88. The molecule has 0 aliphatic carbocycles. The third kappa shape index (κ3) is 3.67. The maximum absolute atomic E-state index is 12.6. The van der Waals surface area contributed by atoms with Gasteiger partial charge in [-0.1, -0.05) is 30.3 Å². The third-order valence-electron chi connectivity index (χ3n) is 4.53. The number of aromatic nitrogens is 2. The Balaban J connectivity index is 1.50. The highest BCUT2D eigenvalue weighted by atomic mass is 16.5. The fraction of sp³-hybridized carbons (Fsp3) is 0.227. The number of fused-ring (bicyclic) bond motifs is 1. The minimum absolute atomic E-state index is 0.0176. The zero-order valence-electron chi connectivity index (χ0n) is 15.9. The van der Waals surface area contributed by atoms with E-state index in [2.05, 4.69) is 32.3 Å². The predicted octanol–water partition coefficient (Wildman–Crippen LogP) is 4.21. The summed E-state index contributed by atoms with van der Waals surface area (Å²) in [6.07, 6.45) is 4.10. The van der Waals surface area contributed by atoms with E-state index in [-0.39, 0.29) is 12.0 Å². The van der Waals surface area contributed by atoms with Crippen molar-refractivity contribution in [3.8, 4) is 5.75 Å². The third-order valence-corrected chi connectivity index (χ3v) is 4.53. The fourth-order valence-electron chi connectivity index (χ4n) is 3.24. The number of hydrogen-bond donors (Lipinski definition) is 1. The van der Waals surface area contributed by atoms with E-state index in [0.717, 1.165) is 18.7 Å². The first kappa shape index (κ1) is 18.0. The van der Waals surface area contributed by atoms with Gasteiger partial charge in [0.25, 0.3) is 5.91 Å². The van der Waals surface area contributed by atoms with Crippen LogP contribution in [0.15, 0.2) is 60.9 Å². The van der Waals surface area contributed by atoms with Crippen LogP contribution in [0.2, 0.25) is 0 Å². The Bertz CT molecular complexity index is 986. The highest BCUT2D eigenvalue weighted by Crippen LogP contribution is 2.32. The highest BCUT2D eigenvalue weighted by molar-refractivity contribution is 6.04. The lowest BCUT2D eigenvalue weighted by atomic mass is 10.2. The molecule has 1 aromatic heterocycles. The molecular formula is C22H22N4O2. The number of rotatable bonds is 5. The van der Waals surface area contributed by atoms with Crippen molar-refractivity contribution in [3.63, 3.8) is 0 Å². The molecule has 0 bridgehead atoms.